The smallest absolute Gasteiger partial charge is 0.335 e. The van der Waals surface area contributed by atoms with Crippen LogP contribution in [0, 0.1) is 6.92 Å². The fraction of sp³-hybridized carbons (Fsp3) is 0.125. The quantitative estimate of drug-likeness (QED) is 0.890. The first-order valence-corrected chi connectivity index (χ1v) is 7.14. The Bertz CT molecular complexity index is 698. The van der Waals surface area contributed by atoms with Gasteiger partial charge in [0.1, 0.15) is 0 Å². The SMILES string of the molecule is Cc1c(Br)cccc1C(=O)NCc1cccc(C(=O)O)c1. The van der Waals surface area contributed by atoms with Crippen molar-refractivity contribution in [1.29, 1.82) is 0 Å². The predicted octanol–water partition coefficient (Wildman–Crippen LogP) is 3.39. The summed E-state index contributed by atoms with van der Waals surface area (Å²) in [6.07, 6.45) is 0. The molecule has 2 aromatic rings. The topological polar surface area (TPSA) is 66.4 Å². The van der Waals surface area contributed by atoms with Crippen LogP contribution in [0.5, 0.6) is 0 Å². The number of rotatable bonds is 4. The molecule has 2 rings (SSSR count). The highest BCUT2D eigenvalue weighted by atomic mass is 79.9. The third-order valence-electron chi connectivity index (χ3n) is 3.14. The van der Waals surface area contributed by atoms with Crippen LogP contribution in [0.1, 0.15) is 31.8 Å². The lowest BCUT2D eigenvalue weighted by Crippen LogP contribution is -2.23. The van der Waals surface area contributed by atoms with Gasteiger partial charge in [-0.05, 0) is 42.3 Å². The Labute approximate surface area is 130 Å². The molecule has 0 aliphatic carbocycles. The van der Waals surface area contributed by atoms with Crippen LogP contribution in [0.2, 0.25) is 0 Å². The summed E-state index contributed by atoms with van der Waals surface area (Å²) in [6, 6.07) is 11.9. The molecule has 108 valence electrons. The number of carbonyl (C=O) groups excluding carboxylic acids is 1. The van der Waals surface area contributed by atoms with Gasteiger partial charge in [0.2, 0.25) is 0 Å². The molecular weight excluding hydrogens is 334 g/mol. The van der Waals surface area contributed by atoms with Gasteiger partial charge in [-0.3, -0.25) is 4.79 Å². The largest absolute Gasteiger partial charge is 0.478 e. The highest BCUT2D eigenvalue weighted by Gasteiger charge is 2.10. The van der Waals surface area contributed by atoms with Gasteiger partial charge < -0.3 is 10.4 Å². The summed E-state index contributed by atoms with van der Waals surface area (Å²) in [6.45, 7) is 2.15. The van der Waals surface area contributed by atoms with Crippen molar-refractivity contribution in [3.63, 3.8) is 0 Å². The fourth-order valence-corrected chi connectivity index (χ4v) is 2.31. The Morgan fingerprint density at radius 1 is 1.19 bits per heavy atom. The highest BCUT2D eigenvalue weighted by molar-refractivity contribution is 9.10. The van der Waals surface area contributed by atoms with Crippen LogP contribution in [0.25, 0.3) is 0 Å². The van der Waals surface area contributed by atoms with E-state index in [0.717, 1.165) is 15.6 Å². The summed E-state index contributed by atoms with van der Waals surface area (Å²) >= 11 is 3.39. The zero-order valence-electron chi connectivity index (χ0n) is 11.4. The minimum Gasteiger partial charge on any atom is -0.478 e. The minimum absolute atomic E-state index is 0.186. The molecule has 0 saturated heterocycles. The van der Waals surface area contributed by atoms with Gasteiger partial charge in [-0.2, -0.15) is 0 Å². The lowest BCUT2D eigenvalue weighted by atomic mass is 10.1. The van der Waals surface area contributed by atoms with Gasteiger partial charge in [0.25, 0.3) is 5.91 Å². The molecule has 0 bridgehead atoms. The number of nitrogens with one attached hydrogen (secondary N) is 1. The van der Waals surface area contributed by atoms with Crippen molar-refractivity contribution >= 4 is 27.8 Å². The number of aromatic carboxylic acids is 1. The highest BCUT2D eigenvalue weighted by Crippen LogP contribution is 2.19. The number of carboxylic acids is 1. The number of benzene rings is 2. The van der Waals surface area contributed by atoms with Crippen molar-refractivity contribution in [3.05, 3.63) is 69.2 Å². The predicted molar refractivity (Wildman–Crippen MR) is 83.5 cm³/mol. The minimum atomic E-state index is -0.981. The van der Waals surface area contributed by atoms with E-state index in [2.05, 4.69) is 21.2 Å². The van der Waals surface area contributed by atoms with Crippen molar-refractivity contribution in [3.8, 4) is 0 Å². The van der Waals surface area contributed by atoms with Gasteiger partial charge in [-0.15, -0.1) is 0 Å². The van der Waals surface area contributed by atoms with E-state index in [1.165, 1.54) is 6.07 Å². The van der Waals surface area contributed by atoms with E-state index in [1.54, 1.807) is 30.3 Å². The molecule has 0 atom stereocenters. The van der Waals surface area contributed by atoms with Crippen molar-refractivity contribution in [1.82, 2.24) is 5.32 Å². The van der Waals surface area contributed by atoms with Gasteiger partial charge in [-0.25, -0.2) is 4.79 Å². The average molecular weight is 348 g/mol. The van der Waals surface area contributed by atoms with Gasteiger partial charge in [0.05, 0.1) is 5.56 Å². The molecule has 0 spiro atoms. The number of carbonyl (C=O) groups is 2. The van der Waals surface area contributed by atoms with Crippen LogP contribution < -0.4 is 5.32 Å². The summed E-state index contributed by atoms with van der Waals surface area (Å²) in [5.74, 6) is -1.17. The van der Waals surface area contributed by atoms with E-state index < -0.39 is 5.97 Å². The molecule has 1 amide bonds. The van der Waals surface area contributed by atoms with E-state index in [4.69, 9.17) is 5.11 Å². The Morgan fingerprint density at radius 2 is 1.90 bits per heavy atom. The second-order valence-electron chi connectivity index (χ2n) is 4.60. The number of amides is 1. The number of hydrogen-bond donors (Lipinski definition) is 2. The third-order valence-corrected chi connectivity index (χ3v) is 4.00. The Hall–Kier alpha value is -2.14. The van der Waals surface area contributed by atoms with Gasteiger partial charge >= 0.3 is 5.97 Å². The number of carboxylic acid groups (broad SMARTS) is 1. The van der Waals surface area contributed by atoms with E-state index in [1.807, 2.05) is 13.0 Å². The van der Waals surface area contributed by atoms with Gasteiger partial charge in [-0.1, -0.05) is 34.1 Å². The zero-order chi connectivity index (χ0) is 15.4. The van der Waals surface area contributed by atoms with Crippen LogP contribution >= 0.6 is 15.9 Å². The first-order valence-electron chi connectivity index (χ1n) is 6.34. The van der Waals surface area contributed by atoms with E-state index in [-0.39, 0.29) is 18.0 Å². The van der Waals surface area contributed by atoms with Crippen molar-refractivity contribution < 1.29 is 14.7 Å². The maximum absolute atomic E-state index is 12.2. The summed E-state index contributed by atoms with van der Waals surface area (Å²) in [7, 11) is 0. The maximum Gasteiger partial charge on any atom is 0.335 e. The molecule has 0 saturated carbocycles. The molecule has 0 heterocycles. The van der Waals surface area contributed by atoms with Crippen LogP contribution in [0.15, 0.2) is 46.9 Å². The molecule has 0 aliphatic heterocycles. The fourth-order valence-electron chi connectivity index (χ4n) is 1.95. The molecule has 5 heteroatoms. The number of hydrogen-bond acceptors (Lipinski definition) is 2. The average Bonchev–Trinajstić information content (AvgIpc) is 2.48. The molecule has 0 fully saturated rings. The summed E-state index contributed by atoms with van der Waals surface area (Å²) in [5, 5.41) is 11.7. The van der Waals surface area contributed by atoms with Crippen molar-refractivity contribution in [2.45, 2.75) is 13.5 Å². The lowest BCUT2D eigenvalue weighted by Gasteiger charge is -2.09. The Morgan fingerprint density at radius 3 is 2.62 bits per heavy atom. The molecule has 2 aromatic carbocycles. The Kier molecular flexibility index (Phi) is 4.75. The van der Waals surface area contributed by atoms with Crippen LogP contribution in [0.4, 0.5) is 0 Å². The molecule has 0 aliphatic rings. The maximum atomic E-state index is 12.2. The summed E-state index contributed by atoms with van der Waals surface area (Å²) < 4.78 is 0.878. The van der Waals surface area contributed by atoms with E-state index in [0.29, 0.717) is 5.56 Å². The second-order valence-corrected chi connectivity index (χ2v) is 5.45. The molecule has 0 unspecified atom stereocenters. The van der Waals surface area contributed by atoms with Crippen molar-refractivity contribution in [2.75, 3.05) is 0 Å². The van der Waals surface area contributed by atoms with Gasteiger partial charge in [0.15, 0.2) is 0 Å². The second kappa shape index (κ2) is 6.54. The first-order chi connectivity index (χ1) is 9.99. The molecule has 0 aromatic heterocycles. The van der Waals surface area contributed by atoms with E-state index >= 15 is 0 Å². The lowest BCUT2D eigenvalue weighted by molar-refractivity contribution is 0.0696. The van der Waals surface area contributed by atoms with Gasteiger partial charge in [0, 0.05) is 16.6 Å². The molecule has 0 radical (unpaired) electrons. The monoisotopic (exact) mass is 347 g/mol. The summed E-state index contributed by atoms with van der Waals surface area (Å²) in [4.78, 5) is 23.1. The van der Waals surface area contributed by atoms with E-state index in [9.17, 15) is 9.59 Å². The molecule has 21 heavy (non-hydrogen) atoms. The molecule has 4 nitrogen and oxygen atoms in total. The first kappa shape index (κ1) is 15.3. The molecular formula is C16H14BrNO3. The van der Waals surface area contributed by atoms with Crippen LogP contribution in [-0.2, 0) is 6.54 Å². The molecule has 2 N–H and O–H groups in total. The summed E-state index contributed by atoms with van der Waals surface area (Å²) in [5.41, 5.74) is 2.42. The number of halogens is 1. The zero-order valence-corrected chi connectivity index (χ0v) is 13.0. The van der Waals surface area contributed by atoms with Crippen LogP contribution in [-0.4, -0.2) is 17.0 Å². The normalized spacial score (nSPS) is 10.2. The van der Waals surface area contributed by atoms with Crippen molar-refractivity contribution in [2.24, 2.45) is 0 Å². The Balaban J connectivity index is 2.09. The third kappa shape index (κ3) is 3.70. The van der Waals surface area contributed by atoms with Crippen LogP contribution in [0.3, 0.4) is 0 Å². The standard InChI is InChI=1S/C16H14BrNO3/c1-10-13(6-3-7-14(10)17)15(19)18-9-11-4-2-5-12(8-11)16(20)21/h2-8H,9H2,1H3,(H,18,19)(H,20,21).